The third-order valence-electron chi connectivity index (χ3n) is 5.32. The van der Waals surface area contributed by atoms with E-state index in [4.69, 9.17) is 4.98 Å². The molecule has 4 heterocycles. The van der Waals surface area contributed by atoms with Crippen molar-refractivity contribution in [3.63, 3.8) is 0 Å². The average molecular weight is 410 g/mol. The van der Waals surface area contributed by atoms with Gasteiger partial charge in [0.2, 0.25) is 0 Å². The van der Waals surface area contributed by atoms with E-state index in [1.807, 2.05) is 35.9 Å². The van der Waals surface area contributed by atoms with E-state index in [9.17, 15) is 13.2 Å². The third kappa shape index (κ3) is 2.89. The molecule has 0 unspecified atom stereocenters. The smallest absolute Gasteiger partial charge is 0.331 e. The van der Waals surface area contributed by atoms with Gasteiger partial charge in [-0.1, -0.05) is 0 Å². The lowest BCUT2D eigenvalue weighted by Gasteiger charge is -2.08. The van der Waals surface area contributed by atoms with E-state index in [0.29, 0.717) is 24.4 Å². The summed E-state index contributed by atoms with van der Waals surface area (Å²) in [5, 5.41) is 5.26. The molecule has 0 saturated carbocycles. The van der Waals surface area contributed by atoms with Gasteiger partial charge in [0.15, 0.2) is 11.5 Å². The van der Waals surface area contributed by atoms with Crippen LogP contribution in [0.25, 0.3) is 27.6 Å². The van der Waals surface area contributed by atoms with Crippen LogP contribution in [0.2, 0.25) is 0 Å². The molecule has 0 amide bonds. The lowest BCUT2D eigenvalue weighted by molar-refractivity contribution is -0.136. The van der Waals surface area contributed by atoms with Gasteiger partial charge >= 0.3 is 6.18 Å². The number of halogens is 3. The number of fused-ring (bicyclic) bond motifs is 4. The van der Waals surface area contributed by atoms with Crippen LogP contribution in [-0.4, -0.2) is 29.1 Å². The summed E-state index contributed by atoms with van der Waals surface area (Å²) >= 11 is 0. The molecule has 1 aromatic carbocycles. The minimum atomic E-state index is -4.48. The first-order chi connectivity index (χ1) is 14.3. The molecule has 0 atom stereocenters. The molecule has 0 aliphatic heterocycles. The maximum atomic E-state index is 13.3. The van der Waals surface area contributed by atoms with Crippen molar-refractivity contribution < 1.29 is 13.2 Å². The van der Waals surface area contributed by atoms with E-state index in [0.717, 1.165) is 33.8 Å². The molecule has 0 saturated heterocycles. The van der Waals surface area contributed by atoms with Crippen LogP contribution in [0, 0.1) is 6.92 Å². The Balaban J connectivity index is 1.51. The standard InChI is InChI=1S/C21H17F3N6/c1-12-5-6-14(21(22,23)24)20-26-17(28-30(12)20)9-10-18-27-19-13-4-3-11-25-15(13)7-8-16(19)29(18)2/h3-8,11H,9-10H2,1-2H3. The van der Waals surface area contributed by atoms with E-state index in [1.54, 1.807) is 13.1 Å². The van der Waals surface area contributed by atoms with E-state index in [-0.39, 0.29) is 5.65 Å². The molecule has 0 spiro atoms. The predicted molar refractivity (Wildman–Crippen MR) is 106 cm³/mol. The topological polar surface area (TPSA) is 60.9 Å². The Morgan fingerprint density at radius 1 is 1.00 bits per heavy atom. The summed E-state index contributed by atoms with van der Waals surface area (Å²) in [4.78, 5) is 13.3. The lowest BCUT2D eigenvalue weighted by Crippen LogP contribution is -2.09. The number of nitrogens with zero attached hydrogens (tertiary/aromatic N) is 6. The zero-order valence-electron chi connectivity index (χ0n) is 16.3. The number of aromatic nitrogens is 6. The monoisotopic (exact) mass is 410 g/mol. The number of pyridine rings is 2. The fourth-order valence-corrected chi connectivity index (χ4v) is 3.76. The molecular weight excluding hydrogens is 393 g/mol. The molecule has 9 heteroatoms. The summed E-state index contributed by atoms with van der Waals surface area (Å²) in [7, 11) is 1.93. The van der Waals surface area contributed by atoms with Gasteiger partial charge in [-0.05, 0) is 43.3 Å². The van der Waals surface area contributed by atoms with Gasteiger partial charge in [-0.25, -0.2) is 14.5 Å². The minimum absolute atomic E-state index is 0.167. The number of rotatable bonds is 3. The van der Waals surface area contributed by atoms with Crippen molar-refractivity contribution in [2.24, 2.45) is 7.05 Å². The van der Waals surface area contributed by atoms with Gasteiger partial charge in [0.25, 0.3) is 0 Å². The number of imidazole rings is 1. The summed E-state index contributed by atoms with van der Waals surface area (Å²) in [6.07, 6.45) is -1.86. The van der Waals surface area contributed by atoms with Gasteiger partial charge in [0, 0.05) is 37.2 Å². The van der Waals surface area contributed by atoms with Crippen molar-refractivity contribution in [3.8, 4) is 0 Å². The maximum Gasteiger partial charge on any atom is 0.420 e. The van der Waals surface area contributed by atoms with Gasteiger partial charge in [-0.3, -0.25) is 4.98 Å². The van der Waals surface area contributed by atoms with Crippen molar-refractivity contribution in [1.29, 1.82) is 0 Å². The molecule has 5 aromatic rings. The van der Waals surface area contributed by atoms with Crippen LogP contribution in [0.1, 0.15) is 22.9 Å². The summed E-state index contributed by atoms with van der Waals surface area (Å²) in [5.74, 6) is 1.17. The van der Waals surface area contributed by atoms with Crippen LogP contribution in [0.3, 0.4) is 0 Å². The predicted octanol–water partition coefficient (Wildman–Crippen LogP) is 4.28. The fourth-order valence-electron chi connectivity index (χ4n) is 3.76. The summed E-state index contributed by atoms with van der Waals surface area (Å²) in [6, 6.07) is 10.2. The maximum absolute atomic E-state index is 13.3. The zero-order chi connectivity index (χ0) is 21.0. The van der Waals surface area contributed by atoms with Crippen LogP contribution in [-0.2, 0) is 26.1 Å². The highest BCUT2D eigenvalue weighted by Gasteiger charge is 2.34. The molecule has 0 aliphatic rings. The summed E-state index contributed by atoms with van der Waals surface area (Å²) < 4.78 is 43.2. The zero-order valence-corrected chi connectivity index (χ0v) is 16.3. The van der Waals surface area contributed by atoms with Crippen LogP contribution >= 0.6 is 0 Å². The highest BCUT2D eigenvalue weighted by atomic mass is 19.4. The average Bonchev–Trinajstić information content (AvgIpc) is 3.28. The first-order valence-electron chi connectivity index (χ1n) is 9.44. The number of hydrogen-bond donors (Lipinski definition) is 0. The first-order valence-corrected chi connectivity index (χ1v) is 9.44. The second kappa shape index (κ2) is 6.51. The first kappa shape index (κ1) is 18.5. The van der Waals surface area contributed by atoms with Crippen LogP contribution < -0.4 is 0 Å². The molecule has 4 aromatic heterocycles. The van der Waals surface area contributed by atoms with Gasteiger partial charge in [0.05, 0.1) is 16.6 Å². The normalized spacial score (nSPS) is 12.4. The van der Waals surface area contributed by atoms with Gasteiger partial charge in [0.1, 0.15) is 11.4 Å². The molecule has 30 heavy (non-hydrogen) atoms. The highest BCUT2D eigenvalue weighted by Crippen LogP contribution is 2.32. The Morgan fingerprint density at radius 2 is 1.83 bits per heavy atom. The lowest BCUT2D eigenvalue weighted by atomic mass is 10.2. The van der Waals surface area contributed by atoms with Crippen molar-refractivity contribution >= 4 is 27.6 Å². The van der Waals surface area contributed by atoms with Crippen LogP contribution in [0.4, 0.5) is 13.2 Å². The van der Waals surface area contributed by atoms with Crippen molar-refractivity contribution in [2.45, 2.75) is 25.9 Å². The van der Waals surface area contributed by atoms with Gasteiger partial charge in [-0.2, -0.15) is 18.3 Å². The van der Waals surface area contributed by atoms with Crippen molar-refractivity contribution in [2.75, 3.05) is 0 Å². The van der Waals surface area contributed by atoms with Gasteiger partial charge < -0.3 is 4.57 Å². The van der Waals surface area contributed by atoms with Crippen molar-refractivity contribution in [3.05, 3.63) is 65.5 Å². The molecular formula is C21H17F3N6. The molecule has 5 rings (SSSR count). The van der Waals surface area contributed by atoms with E-state index < -0.39 is 11.7 Å². The largest absolute Gasteiger partial charge is 0.420 e. The minimum Gasteiger partial charge on any atom is -0.331 e. The second-order valence-electron chi connectivity index (χ2n) is 7.24. The Kier molecular flexibility index (Phi) is 4.02. The second-order valence-corrected chi connectivity index (χ2v) is 7.24. The van der Waals surface area contributed by atoms with Crippen LogP contribution in [0.5, 0.6) is 0 Å². The van der Waals surface area contributed by atoms with E-state index in [1.165, 1.54) is 10.6 Å². The molecule has 0 bridgehead atoms. The number of benzene rings is 1. The quantitative estimate of drug-likeness (QED) is 0.446. The van der Waals surface area contributed by atoms with E-state index >= 15 is 0 Å². The highest BCUT2D eigenvalue weighted by molar-refractivity contribution is 6.02. The molecule has 0 radical (unpaired) electrons. The van der Waals surface area contributed by atoms with Crippen LogP contribution in [0.15, 0.2) is 42.6 Å². The molecule has 152 valence electrons. The molecule has 0 fully saturated rings. The van der Waals surface area contributed by atoms with Crippen molar-refractivity contribution in [1.82, 2.24) is 29.1 Å². The SMILES string of the molecule is Cc1ccc(C(F)(F)F)c2nc(CCc3nc4c5cccnc5ccc4n3C)nn12. The Hall–Kier alpha value is -3.49. The number of hydrogen-bond acceptors (Lipinski definition) is 4. The Labute approximate surface area is 169 Å². The Morgan fingerprint density at radius 3 is 2.63 bits per heavy atom. The third-order valence-corrected chi connectivity index (χ3v) is 5.32. The number of aryl methyl sites for hydroxylation is 4. The number of alkyl halides is 3. The summed E-state index contributed by atoms with van der Waals surface area (Å²) in [6.45, 7) is 1.70. The summed E-state index contributed by atoms with van der Waals surface area (Å²) in [5.41, 5.74) is 2.35. The molecule has 0 aliphatic carbocycles. The Bertz CT molecular complexity index is 1410. The fraction of sp³-hybridized carbons (Fsp3) is 0.238. The molecule has 0 N–H and O–H groups in total. The van der Waals surface area contributed by atoms with Gasteiger partial charge in [-0.15, -0.1) is 0 Å². The van der Waals surface area contributed by atoms with E-state index in [2.05, 4.69) is 15.1 Å². The molecule has 6 nitrogen and oxygen atoms in total.